The molecule has 2 rings (SSSR count). The van der Waals surface area contributed by atoms with E-state index in [0.29, 0.717) is 19.7 Å². The minimum atomic E-state index is -0.207. The van der Waals surface area contributed by atoms with E-state index in [2.05, 4.69) is 19.1 Å². The molecule has 1 aromatic carbocycles. The summed E-state index contributed by atoms with van der Waals surface area (Å²) in [6.07, 6.45) is 4.67. The standard InChI is InChI=1S/C16H22N2O2/c1-2-3-11-20-16(19)18-9-7-13(8-10-18)14-5-4-6-15(17)12-14/h4-7,12H,2-3,8-11,17H2,1H3. The molecule has 0 unspecified atom stereocenters. The first-order valence-corrected chi connectivity index (χ1v) is 7.17. The fourth-order valence-electron chi connectivity index (χ4n) is 2.23. The van der Waals surface area contributed by atoms with Crippen molar-refractivity contribution in [2.24, 2.45) is 0 Å². The van der Waals surface area contributed by atoms with Gasteiger partial charge in [0.15, 0.2) is 0 Å². The summed E-state index contributed by atoms with van der Waals surface area (Å²) >= 11 is 0. The van der Waals surface area contributed by atoms with Crippen molar-refractivity contribution in [1.29, 1.82) is 0 Å². The monoisotopic (exact) mass is 274 g/mol. The minimum absolute atomic E-state index is 0.207. The first-order valence-electron chi connectivity index (χ1n) is 7.17. The molecule has 108 valence electrons. The molecule has 1 heterocycles. The van der Waals surface area contributed by atoms with Crippen LogP contribution in [0.25, 0.3) is 5.57 Å². The second-order valence-corrected chi connectivity index (χ2v) is 5.02. The van der Waals surface area contributed by atoms with E-state index in [-0.39, 0.29) is 6.09 Å². The van der Waals surface area contributed by atoms with Gasteiger partial charge in [-0.25, -0.2) is 4.79 Å². The van der Waals surface area contributed by atoms with Crippen LogP contribution >= 0.6 is 0 Å². The maximum absolute atomic E-state index is 11.8. The molecule has 0 spiro atoms. The summed E-state index contributed by atoms with van der Waals surface area (Å²) in [6.45, 7) is 3.90. The van der Waals surface area contributed by atoms with E-state index in [1.807, 2.05) is 18.2 Å². The van der Waals surface area contributed by atoms with E-state index in [4.69, 9.17) is 10.5 Å². The van der Waals surface area contributed by atoms with E-state index in [0.717, 1.165) is 30.5 Å². The first kappa shape index (κ1) is 14.4. The van der Waals surface area contributed by atoms with Gasteiger partial charge in [0.25, 0.3) is 0 Å². The highest BCUT2D eigenvalue weighted by Gasteiger charge is 2.18. The maximum Gasteiger partial charge on any atom is 0.410 e. The van der Waals surface area contributed by atoms with Crippen molar-refractivity contribution in [3.8, 4) is 0 Å². The minimum Gasteiger partial charge on any atom is -0.449 e. The Morgan fingerprint density at radius 1 is 1.45 bits per heavy atom. The smallest absolute Gasteiger partial charge is 0.410 e. The number of nitrogens with two attached hydrogens (primary N) is 1. The molecule has 20 heavy (non-hydrogen) atoms. The Kier molecular flexibility index (Phi) is 5.04. The van der Waals surface area contributed by atoms with Crippen LogP contribution in [0.3, 0.4) is 0 Å². The zero-order chi connectivity index (χ0) is 14.4. The van der Waals surface area contributed by atoms with Crippen LogP contribution in [0.1, 0.15) is 31.7 Å². The second kappa shape index (κ2) is 6.98. The van der Waals surface area contributed by atoms with Gasteiger partial charge in [0.05, 0.1) is 6.61 Å². The highest BCUT2D eigenvalue weighted by Crippen LogP contribution is 2.24. The number of carbonyl (C=O) groups is 1. The molecule has 0 aliphatic carbocycles. The molecule has 4 nitrogen and oxygen atoms in total. The summed E-state index contributed by atoms with van der Waals surface area (Å²) < 4.78 is 5.22. The molecular weight excluding hydrogens is 252 g/mol. The zero-order valence-electron chi connectivity index (χ0n) is 12.0. The van der Waals surface area contributed by atoms with Gasteiger partial charge >= 0.3 is 6.09 Å². The van der Waals surface area contributed by atoms with Gasteiger partial charge in [0.1, 0.15) is 0 Å². The van der Waals surface area contributed by atoms with Crippen molar-refractivity contribution >= 4 is 17.4 Å². The van der Waals surface area contributed by atoms with Crippen LogP contribution in [0, 0.1) is 0 Å². The van der Waals surface area contributed by atoms with Gasteiger partial charge in [-0.15, -0.1) is 0 Å². The number of hydrogen-bond acceptors (Lipinski definition) is 3. The summed E-state index contributed by atoms with van der Waals surface area (Å²) in [6, 6.07) is 7.86. The maximum atomic E-state index is 11.8. The molecule has 0 saturated heterocycles. The number of hydrogen-bond donors (Lipinski definition) is 1. The van der Waals surface area contributed by atoms with Crippen LogP contribution in [0.15, 0.2) is 30.3 Å². The van der Waals surface area contributed by atoms with Gasteiger partial charge in [0, 0.05) is 18.8 Å². The average molecular weight is 274 g/mol. The van der Waals surface area contributed by atoms with E-state index in [9.17, 15) is 4.79 Å². The number of nitrogens with zero attached hydrogens (tertiary/aromatic N) is 1. The van der Waals surface area contributed by atoms with Crippen LogP contribution in [0.5, 0.6) is 0 Å². The molecule has 0 fully saturated rings. The molecule has 1 aliphatic heterocycles. The third-order valence-corrected chi connectivity index (χ3v) is 3.45. The Balaban J connectivity index is 1.91. The molecule has 1 amide bonds. The molecule has 2 N–H and O–H groups in total. The highest BCUT2D eigenvalue weighted by molar-refractivity contribution is 5.73. The van der Waals surface area contributed by atoms with Gasteiger partial charge in [-0.1, -0.05) is 31.6 Å². The van der Waals surface area contributed by atoms with Crippen molar-refractivity contribution in [2.75, 3.05) is 25.4 Å². The second-order valence-electron chi connectivity index (χ2n) is 5.02. The molecule has 1 aromatic rings. The van der Waals surface area contributed by atoms with Gasteiger partial charge < -0.3 is 15.4 Å². The Morgan fingerprint density at radius 2 is 2.30 bits per heavy atom. The lowest BCUT2D eigenvalue weighted by atomic mass is 9.99. The quantitative estimate of drug-likeness (QED) is 0.677. The van der Waals surface area contributed by atoms with Crippen molar-refractivity contribution in [3.05, 3.63) is 35.9 Å². The third-order valence-electron chi connectivity index (χ3n) is 3.45. The molecule has 4 heteroatoms. The fourth-order valence-corrected chi connectivity index (χ4v) is 2.23. The number of unbranched alkanes of at least 4 members (excludes halogenated alkanes) is 1. The van der Waals surface area contributed by atoms with E-state index < -0.39 is 0 Å². The number of anilines is 1. The summed E-state index contributed by atoms with van der Waals surface area (Å²) in [5.41, 5.74) is 8.95. The molecule has 0 atom stereocenters. The zero-order valence-corrected chi connectivity index (χ0v) is 12.0. The number of ether oxygens (including phenoxy) is 1. The van der Waals surface area contributed by atoms with E-state index >= 15 is 0 Å². The third kappa shape index (κ3) is 3.76. The Labute approximate surface area is 120 Å². The van der Waals surface area contributed by atoms with Crippen LogP contribution < -0.4 is 5.73 Å². The first-order chi connectivity index (χ1) is 9.70. The normalized spacial score (nSPS) is 14.8. The molecule has 0 saturated carbocycles. The van der Waals surface area contributed by atoms with Crippen molar-refractivity contribution in [2.45, 2.75) is 26.2 Å². The predicted octanol–water partition coefficient (Wildman–Crippen LogP) is 3.29. The Morgan fingerprint density at radius 3 is 2.95 bits per heavy atom. The summed E-state index contributed by atoms with van der Waals surface area (Å²) in [7, 11) is 0. The highest BCUT2D eigenvalue weighted by atomic mass is 16.6. The number of amides is 1. The molecule has 0 bridgehead atoms. The summed E-state index contributed by atoms with van der Waals surface area (Å²) in [5.74, 6) is 0. The lowest BCUT2D eigenvalue weighted by molar-refractivity contribution is 0.105. The molecular formula is C16H22N2O2. The summed E-state index contributed by atoms with van der Waals surface area (Å²) in [4.78, 5) is 13.6. The van der Waals surface area contributed by atoms with Gasteiger partial charge in [-0.2, -0.15) is 0 Å². The van der Waals surface area contributed by atoms with Crippen molar-refractivity contribution < 1.29 is 9.53 Å². The van der Waals surface area contributed by atoms with Crippen molar-refractivity contribution in [1.82, 2.24) is 4.90 Å². The molecule has 0 aromatic heterocycles. The van der Waals surface area contributed by atoms with E-state index in [1.54, 1.807) is 4.90 Å². The van der Waals surface area contributed by atoms with Crippen molar-refractivity contribution in [3.63, 3.8) is 0 Å². The lowest BCUT2D eigenvalue weighted by Gasteiger charge is -2.26. The van der Waals surface area contributed by atoms with Gasteiger partial charge in [-0.05, 0) is 36.1 Å². The fraction of sp³-hybridized carbons (Fsp3) is 0.438. The summed E-state index contributed by atoms with van der Waals surface area (Å²) in [5, 5.41) is 0. The van der Waals surface area contributed by atoms with Crippen LogP contribution in [-0.4, -0.2) is 30.7 Å². The van der Waals surface area contributed by atoms with Crippen LogP contribution in [0.2, 0.25) is 0 Å². The molecule has 0 radical (unpaired) electrons. The largest absolute Gasteiger partial charge is 0.449 e. The van der Waals surface area contributed by atoms with E-state index in [1.165, 1.54) is 5.57 Å². The number of nitrogen functional groups attached to an aromatic ring is 1. The number of rotatable bonds is 4. The van der Waals surface area contributed by atoms with Gasteiger partial charge in [-0.3, -0.25) is 0 Å². The van der Waals surface area contributed by atoms with Crippen LogP contribution in [-0.2, 0) is 4.74 Å². The number of benzene rings is 1. The lowest BCUT2D eigenvalue weighted by Crippen LogP contribution is -2.35. The Bertz CT molecular complexity index is 497. The number of carbonyl (C=O) groups excluding carboxylic acids is 1. The van der Waals surface area contributed by atoms with Gasteiger partial charge in [0.2, 0.25) is 0 Å². The predicted molar refractivity (Wildman–Crippen MR) is 81.3 cm³/mol. The van der Waals surface area contributed by atoms with Crippen LogP contribution in [0.4, 0.5) is 10.5 Å². The topological polar surface area (TPSA) is 55.6 Å². The Hall–Kier alpha value is -1.97. The SMILES string of the molecule is CCCCOC(=O)N1CC=C(c2cccc(N)c2)CC1. The molecule has 1 aliphatic rings. The average Bonchev–Trinajstić information content (AvgIpc) is 2.47.